The molecular formula is C6H15N2OPS2. The zero-order valence-electron chi connectivity index (χ0n) is 7.61. The van der Waals surface area contributed by atoms with Gasteiger partial charge in [0, 0.05) is 13.7 Å². The summed E-state index contributed by atoms with van der Waals surface area (Å²) in [5, 5.41) is 3.02. The average Bonchev–Trinajstić information content (AvgIpc) is 2.06. The van der Waals surface area contributed by atoms with Crippen molar-refractivity contribution >= 4 is 35.1 Å². The Morgan fingerprint density at radius 2 is 2.33 bits per heavy atom. The summed E-state index contributed by atoms with van der Waals surface area (Å²) < 4.78 is 5.21. The van der Waals surface area contributed by atoms with Crippen LogP contribution in [0.1, 0.15) is 13.8 Å². The highest BCUT2D eigenvalue weighted by Crippen LogP contribution is 2.54. The molecule has 0 spiro atoms. The lowest BCUT2D eigenvalue weighted by molar-refractivity contribution is 0.467. The molecule has 0 aromatic rings. The van der Waals surface area contributed by atoms with Crippen molar-refractivity contribution in [2.45, 2.75) is 13.8 Å². The van der Waals surface area contributed by atoms with Gasteiger partial charge in [-0.1, -0.05) is 18.3 Å². The normalized spacial score (nSPS) is 16.2. The molecule has 6 heteroatoms. The Morgan fingerprint density at radius 3 is 2.75 bits per heavy atom. The van der Waals surface area contributed by atoms with E-state index < -0.39 is 5.62 Å². The molecule has 0 bridgehead atoms. The van der Waals surface area contributed by atoms with Crippen molar-refractivity contribution in [3.05, 3.63) is 0 Å². The molecule has 0 fully saturated rings. The van der Waals surface area contributed by atoms with Crippen LogP contribution in [0.15, 0.2) is 4.99 Å². The number of rotatable bonds is 6. The molecule has 0 saturated heterocycles. The van der Waals surface area contributed by atoms with Crippen LogP contribution in [-0.2, 0) is 16.3 Å². The molecule has 0 aliphatic heterocycles. The predicted molar refractivity (Wildman–Crippen MR) is 61.6 cm³/mol. The van der Waals surface area contributed by atoms with Crippen molar-refractivity contribution < 1.29 is 4.52 Å². The minimum Gasteiger partial charge on any atom is -0.330 e. The summed E-state index contributed by atoms with van der Waals surface area (Å²) in [6, 6.07) is 0. The van der Waals surface area contributed by atoms with E-state index in [1.54, 1.807) is 24.8 Å². The van der Waals surface area contributed by atoms with Gasteiger partial charge < -0.3 is 9.61 Å². The first-order valence-corrected chi connectivity index (χ1v) is 8.06. The Kier molecular flexibility index (Phi) is 7.14. The Hall–Kier alpha value is 0.430. The highest BCUT2D eigenvalue weighted by molar-refractivity contribution is 8.68. The standard InChI is InChI=1S/C6H15N2OPS2/c1-4-7-6-8-10(11,9-3)12-5-2/h6H,4-5H2,1-3H3,(H,7,8,11). The molecule has 0 radical (unpaired) electrons. The molecule has 0 saturated carbocycles. The van der Waals surface area contributed by atoms with Crippen LogP contribution in [0.25, 0.3) is 0 Å². The van der Waals surface area contributed by atoms with E-state index >= 15 is 0 Å². The van der Waals surface area contributed by atoms with Crippen LogP contribution in [0.4, 0.5) is 0 Å². The molecule has 0 aromatic heterocycles. The van der Waals surface area contributed by atoms with Gasteiger partial charge in [0.25, 0.3) is 0 Å². The highest BCUT2D eigenvalue weighted by atomic mass is 32.9. The fraction of sp³-hybridized carbons (Fsp3) is 0.833. The quantitative estimate of drug-likeness (QED) is 0.428. The van der Waals surface area contributed by atoms with E-state index in [1.807, 2.05) is 6.92 Å². The predicted octanol–water partition coefficient (Wildman–Crippen LogP) is 2.25. The zero-order chi connectivity index (χ0) is 9.45. The number of nitrogens with one attached hydrogen (secondary N) is 1. The molecule has 1 atom stereocenters. The summed E-state index contributed by atoms with van der Waals surface area (Å²) in [5.74, 6) is 0.956. The van der Waals surface area contributed by atoms with Crippen molar-refractivity contribution in [1.82, 2.24) is 5.09 Å². The van der Waals surface area contributed by atoms with Crippen molar-refractivity contribution in [2.75, 3.05) is 19.4 Å². The minimum atomic E-state index is -1.88. The minimum absolute atomic E-state index is 0.767. The third kappa shape index (κ3) is 5.14. The van der Waals surface area contributed by atoms with Gasteiger partial charge in [-0.15, -0.1) is 0 Å². The maximum Gasteiger partial charge on any atom is 0.210 e. The topological polar surface area (TPSA) is 33.6 Å². The van der Waals surface area contributed by atoms with E-state index in [9.17, 15) is 0 Å². The van der Waals surface area contributed by atoms with Crippen LogP contribution in [0.5, 0.6) is 0 Å². The van der Waals surface area contributed by atoms with Gasteiger partial charge in [0.1, 0.15) is 0 Å². The molecule has 0 heterocycles. The molecule has 0 aliphatic carbocycles. The van der Waals surface area contributed by atoms with Gasteiger partial charge >= 0.3 is 0 Å². The maximum atomic E-state index is 5.27. The number of aliphatic imine (C=N–C) groups is 1. The average molecular weight is 226 g/mol. The van der Waals surface area contributed by atoms with Crippen LogP contribution >= 0.6 is 17.0 Å². The molecule has 0 rings (SSSR count). The van der Waals surface area contributed by atoms with Gasteiger partial charge in [0.05, 0.1) is 6.34 Å². The summed E-state index contributed by atoms with van der Waals surface area (Å²) >= 11 is 6.90. The van der Waals surface area contributed by atoms with Crippen molar-refractivity contribution in [1.29, 1.82) is 0 Å². The van der Waals surface area contributed by atoms with E-state index in [0.29, 0.717) is 0 Å². The number of hydrogen-bond donors (Lipinski definition) is 1. The largest absolute Gasteiger partial charge is 0.330 e. The summed E-state index contributed by atoms with van der Waals surface area (Å²) in [6.07, 6.45) is 1.65. The van der Waals surface area contributed by atoms with Gasteiger partial charge in [-0.2, -0.15) is 0 Å². The summed E-state index contributed by atoms with van der Waals surface area (Å²) in [4.78, 5) is 4.02. The molecule has 1 unspecified atom stereocenters. The number of hydrogen-bond acceptors (Lipinski definition) is 4. The van der Waals surface area contributed by atoms with Gasteiger partial charge in [-0.25, -0.2) is 0 Å². The molecule has 3 nitrogen and oxygen atoms in total. The SMILES string of the molecule is CC/N=C/NP(=S)(OC)SCC. The van der Waals surface area contributed by atoms with E-state index in [0.717, 1.165) is 12.3 Å². The molecule has 0 amide bonds. The first kappa shape index (κ1) is 12.4. The monoisotopic (exact) mass is 226 g/mol. The van der Waals surface area contributed by atoms with Crippen molar-refractivity contribution in [3.8, 4) is 0 Å². The smallest absolute Gasteiger partial charge is 0.210 e. The molecular weight excluding hydrogens is 211 g/mol. The van der Waals surface area contributed by atoms with Crippen LogP contribution in [0.3, 0.4) is 0 Å². The Bertz CT molecular complexity index is 186. The summed E-state index contributed by atoms with van der Waals surface area (Å²) in [7, 11) is 1.64. The fourth-order valence-electron chi connectivity index (χ4n) is 0.515. The van der Waals surface area contributed by atoms with Crippen molar-refractivity contribution in [3.63, 3.8) is 0 Å². The Morgan fingerprint density at radius 1 is 1.67 bits per heavy atom. The Labute approximate surface area is 83.3 Å². The zero-order valence-corrected chi connectivity index (χ0v) is 10.1. The second kappa shape index (κ2) is 6.89. The third-order valence-electron chi connectivity index (χ3n) is 1.03. The summed E-state index contributed by atoms with van der Waals surface area (Å²) in [5.41, 5.74) is -1.88. The lowest BCUT2D eigenvalue weighted by Gasteiger charge is -2.17. The van der Waals surface area contributed by atoms with Gasteiger partial charge in [0.15, 0.2) is 0 Å². The van der Waals surface area contributed by atoms with Gasteiger partial charge in [-0.3, -0.25) is 4.99 Å². The van der Waals surface area contributed by atoms with Crippen molar-refractivity contribution in [2.24, 2.45) is 4.99 Å². The van der Waals surface area contributed by atoms with Crippen LogP contribution in [0.2, 0.25) is 0 Å². The van der Waals surface area contributed by atoms with Crippen LogP contribution < -0.4 is 5.09 Å². The van der Waals surface area contributed by atoms with Crippen LogP contribution in [0, 0.1) is 0 Å². The van der Waals surface area contributed by atoms with E-state index in [1.165, 1.54) is 0 Å². The van der Waals surface area contributed by atoms with Crippen LogP contribution in [-0.4, -0.2) is 25.7 Å². The molecule has 12 heavy (non-hydrogen) atoms. The van der Waals surface area contributed by atoms with Gasteiger partial charge in [-0.05, 0) is 24.5 Å². The van der Waals surface area contributed by atoms with E-state index in [2.05, 4.69) is 17.0 Å². The second-order valence-electron chi connectivity index (χ2n) is 1.85. The second-order valence-corrected chi connectivity index (χ2v) is 8.86. The summed E-state index contributed by atoms with van der Waals surface area (Å²) in [6.45, 7) is 4.80. The lowest BCUT2D eigenvalue weighted by Crippen LogP contribution is -2.06. The first-order chi connectivity index (χ1) is 5.68. The van der Waals surface area contributed by atoms with E-state index in [4.69, 9.17) is 16.3 Å². The van der Waals surface area contributed by atoms with Gasteiger partial charge in [0.2, 0.25) is 5.62 Å². The third-order valence-corrected chi connectivity index (χ3v) is 6.81. The lowest BCUT2D eigenvalue weighted by atomic mass is 10.8. The molecule has 0 aromatic carbocycles. The Balaban J connectivity index is 3.96. The number of nitrogens with zero attached hydrogens (tertiary/aromatic N) is 1. The first-order valence-electron chi connectivity index (χ1n) is 3.75. The van der Waals surface area contributed by atoms with E-state index in [-0.39, 0.29) is 0 Å². The maximum absolute atomic E-state index is 5.27. The fourth-order valence-corrected chi connectivity index (χ4v) is 4.15. The molecule has 0 aliphatic rings. The highest BCUT2D eigenvalue weighted by Gasteiger charge is 2.12. The molecule has 72 valence electrons. The molecule has 1 N–H and O–H groups in total.